The van der Waals surface area contributed by atoms with E-state index < -0.39 is 0 Å². The van der Waals surface area contributed by atoms with Crippen LogP contribution in [0.1, 0.15) is 30.0 Å². The van der Waals surface area contributed by atoms with Gasteiger partial charge in [-0.2, -0.15) is 0 Å². The number of carbonyl (C=O) groups is 1. The summed E-state index contributed by atoms with van der Waals surface area (Å²) < 4.78 is 0. The summed E-state index contributed by atoms with van der Waals surface area (Å²) in [6, 6.07) is 8.18. The molecule has 3 heteroatoms. The van der Waals surface area contributed by atoms with Crippen LogP contribution in [-0.2, 0) is 6.42 Å². The molecule has 0 bridgehead atoms. The van der Waals surface area contributed by atoms with Crippen molar-refractivity contribution in [3.63, 3.8) is 0 Å². The van der Waals surface area contributed by atoms with Gasteiger partial charge in [0.2, 0.25) is 0 Å². The van der Waals surface area contributed by atoms with Gasteiger partial charge >= 0.3 is 6.03 Å². The summed E-state index contributed by atoms with van der Waals surface area (Å²) in [6.45, 7) is 0.264. The summed E-state index contributed by atoms with van der Waals surface area (Å²) in [5, 5.41) is 5.59. The Balaban J connectivity index is 2.04. The highest BCUT2D eigenvalue weighted by Crippen LogP contribution is 2.29. The second-order valence-electron chi connectivity index (χ2n) is 4.17. The third-order valence-corrected chi connectivity index (χ3v) is 3.03. The van der Waals surface area contributed by atoms with Crippen molar-refractivity contribution in [3.8, 4) is 12.3 Å². The summed E-state index contributed by atoms with van der Waals surface area (Å²) in [5.41, 5.74) is 2.57. The van der Waals surface area contributed by atoms with Gasteiger partial charge in [0.25, 0.3) is 0 Å². The van der Waals surface area contributed by atoms with Gasteiger partial charge in [-0.15, -0.1) is 6.42 Å². The number of benzene rings is 1. The Morgan fingerprint density at radius 1 is 1.47 bits per heavy atom. The lowest BCUT2D eigenvalue weighted by atomic mass is 9.88. The molecule has 1 atom stereocenters. The SMILES string of the molecule is C#CCNC(=O)NC1CCCc2ccccc21. The summed E-state index contributed by atoms with van der Waals surface area (Å²) >= 11 is 0. The molecule has 1 aromatic carbocycles. The number of carbonyl (C=O) groups excluding carboxylic acids is 1. The highest BCUT2D eigenvalue weighted by molar-refractivity contribution is 5.74. The molecule has 1 aliphatic carbocycles. The van der Waals surface area contributed by atoms with E-state index in [2.05, 4.69) is 28.7 Å². The van der Waals surface area contributed by atoms with E-state index in [0.717, 1.165) is 19.3 Å². The topological polar surface area (TPSA) is 41.1 Å². The highest BCUT2D eigenvalue weighted by atomic mass is 16.2. The Morgan fingerprint density at radius 2 is 2.29 bits per heavy atom. The summed E-state index contributed by atoms with van der Waals surface area (Å²) in [5.74, 6) is 2.38. The van der Waals surface area contributed by atoms with Gasteiger partial charge in [-0.25, -0.2) is 4.79 Å². The van der Waals surface area contributed by atoms with Gasteiger partial charge in [-0.3, -0.25) is 0 Å². The molecule has 17 heavy (non-hydrogen) atoms. The zero-order valence-electron chi connectivity index (χ0n) is 9.70. The van der Waals surface area contributed by atoms with Gasteiger partial charge in [0.05, 0.1) is 12.6 Å². The normalized spacial score (nSPS) is 17.7. The molecule has 1 aliphatic rings. The van der Waals surface area contributed by atoms with E-state index in [1.165, 1.54) is 11.1 Å². The fourth-order valence-corrected chi connectivity index (χ4v) is 2.24. The van der Waals surface area contributed by atoms with Gasteiger partial charge in [0.15, 0.2) is 0 Å². The van der Waals surface area contributed by atoms with E-state index in [1.807, 2.05) is 12.1 Å². The van der Waals surface area contributed by atoms with Crippen LogP contribution in [0.2, 0.25) is 0 Å². The Hall–Kier alpha value is -1.95. The number of fused-ring (bicyclic) bond motifs is 1. The number of nitrogens with one attached hydrogen (secondary N) is 2. The Labute approximate surface area is 102 Å². The second kappa shape index (κ2) is 5.40. The fraction of sp³-hybridized carbons (Fsp3) is 0.357. The molecule has 1 unspecified atom stereocenters. The zero-order valence-corrected chi connectivity index (χ0v) is 9.70. The van der Waals surface area contributed by atoms with Gasteiger partial charge in [-0.1, -0.05) is 30.2 Å². The van der Waals surface area contributed by atoms with Crippen molar-refractivity contribution in [2.24, 2.45) is 0 Å². The molecule has 0 aromatic heterocycles. The molecule has 2 N–H and O–H groups in total. The molecular weight excluding hydrogens is 212 g/mol. The molecule has 0 saturated heterocycles. The second-order valence-corrected chi connectivity index (χ2v) is 4.17. The molecule has 3 nitrogen and oxygen atoms in total. The molecular formula is C14H16N2O. The minimum absolute atomic E-state index is 0.109. The molecule has 0 fully saturated rings. The Kier molecular flexibility index (Phi) is 3.66. The fourth-order valence-electron chi connectivity index (χ4n) is 2.24. The molecule has 0 saturated carbocycles. The molecule has 1 aromatic rings. The number of aryl methyl sites for hydroxylation is 1. The van der Waals surface area contributed by atoms with Gasteiger partial charge in [0, 0.05) is 0 Å². The number of urea groups is 1. The van der Waals surface area contributed by atoms with E-state index in [-0.39, 0.29) is 18.6 Å². The third-order valence-electron chi connectivity index (χ3n) is 3.03. The van der Waals surface area contributed by atoms with Crippen molar-refractivity contribution in [2.45, 2.75) is 25.3 Å². The molecule has 0 aliphatic heterocycles. The maximum Gasteiger partial charge on any atom is 0.316 e. The van der Waals surface area contributed by atoms with Crippen LogP contribution < -0.4 is 10.6 Å². The molecule has 2 amide bonds. The summed E-state index contributed by atoms with van der Waals surface area (Å²) in [6.07, 6.45) is 8.29. The Morgan fingerprint density at radius 3 is 3.12 bits per heavy atom. The monoisotopic (exact) mass is 228 g/mol. The number of hydrogen-bond acceptors (Lipinski definition) is 1. The molecule has 0 radical (unpaired) electrons. The Bertz CT molecular complexity index is 448. The lowest BCUT2D eigenvalue weighted by molar-refractivity contribution is 0.236. The van der Waals surface area contributed by atoms with Crippen LogP contribution in [0.25, 0.3) is 0 Å². The van der Waals surface area contributed by atoms with E-state index in [4.69, 9.17) is 6.42 Å². The first-order chi connectivity index (χ1) is 8.31. The minimum Gasteiger partial charge on any atom is -0.331 e. The maximum atomic E-state index is 11.6. The van der Waals surface area contributed by atoms with Gasteiger partial charge < -0.3 is 10.6 Å². The van der Waals surface area contributed by atoms with Crippen molar-refractivity contribution in [1.82, 2.24) is 10.6 Å². The van der Waals surface area contributed by atoms with Crippen LogP contribution in [0.5, 0.6) is 0 Å². The predicted molar refractivity (Wildman–Crippen MR) is 67.5 cm³/mol. The van der Waals surface area contributed by atoms with E-state index >= 15 is 0 Å². The van der Waals surface area contributed by atoms with Crippen LogP contribution >= 0.6 is 0 Å². The molecule has 2 rings (SSSR count). The highest BCUT2D eigenvalue weighted by Gasteiger charge is 2.20. The molecule has 0 heterocycles. The van der Waals surface area contributed by atoms with Gasteiger partial charge in [-0.05, 0) is 30.4 Å². The quantitative estimate of drug-likeness (QED) is 0.747. The van der Waals surface area contributed by atoms with E-state index in [0.29, 0.717) is 0 Å². The van der Waals surface area contributed by atoms with Crippen LogP contribution in [-0.4, -0.2) is 12.6 Å². The average Bonchev–Trinajstić information content (AvgIpc) is 2.37. The van der Waals surface area contributed by atoms with Crippen LogP contribution in [0.3, 0.4) is 0 Å². The first-order valence-corrected chi connectivity index (χ1v) is 5.87. The first kappa shape index (κ1) is 11.5. The lowest BCUT2D eigenvalue weighted by Crippen LogP contribution is -2.39. The van der Waals surface area contributed by atoms with E-state index in [1.54, 1.807) is 0 Å². The van der Waals surface area contributed by atoms with Crippen LogP contribution in [0.15, 0.2) is 24.3 Å². The maximum absolute atomic E-state index is 11.6. The van der Waals surface area contributed by atoms with Crippen molar-refractivity contribution < 1.29 is 4.79 Å². The lowest BCUT2D eigenvalue weighted by Gasteiger charge is -2.26. The summed E-state index contributed by atoms with van der Waals surface area (Å²) in [7, 11) is 0. The number of rotatable bonds is 2. The smallest absolute Gasteiger partial charge is 0.316 e. The minimum atomic E-state index is -0.190. The van der Waals surface area contributed by atoms with Crippen molar-refractivity contribution in [1.29, 1.82) is 0 Å². The largest absolute Gasteiger partial charge is 0.331 e. The van der Waals surface area contributed by atoms with Crippen molar-refractivity contribution in [3.05, 3.63) is 35.4 Å². The molecule has 0 spiro atoms. The third kappa shape index (κ3) is 2.79. The van der Waals surface area contributed by atoms with Gasteiger partial charge in [0.1, 0.15) is 0 Å². The van der Waals surface area contributed by atoms with Crippen LogP contribution in [0, 0.1) is 12.3 Å². The predicted octanol–water partition coefficient (Wildman–Crippen LogP) is 2.00. The summed E-state index contributed by atoms with van der Waals surface area (Å²) in [4.78, 5) is 11.6. The number of amides is 2. The van der Waals surface area contributed by atoms with Crippen LogP contribution in [0.4, 0.5) is 4.79 Å². The van der Waals surface area contributed by atoms with Crippen molar-refractivity contribution in [2.75, 3.05) is 6.54 Å². The standard InChI is InChI=1S/C14H16N2O/c1-2-10-15-14(17)16-13-9-5-7-11-6-3-4-8-12(11)13/h1,3-4,6,8,13H,5,7,9-10H2,(H2,15,16,17). The molecule has 88 valence electrons. The number of terminal acetylenes is 1. The number of hydrogen-bond donors (Lipinski definition) is 2. The zero-order chi connectivity index (χ0) is 12.1. The first-order valence-electron chi connectivity index (χ1n) is 5.87. The van der Waals surface area contributed by atoms with E-state index in [9.17, 15) is 4.79 Å². The average molecular weight is 228 g/mol. The van der Waals surface area contributed by atoms with Crippen molar-refractivity contribution >= 4 is 6.03 Å².